The highest BCUT2D eigenvalue weighted by molar-refractivity contribution is 9.10. The lowest BCUT2D eigenvalue weighted by Crippen LogP contribution is -2.52. The van der Waals surface area contributed by atoms with E-state index in [1.807, 2.05) is 6.07 Å². The van der Waals surface area contributed by atoms with Crippen molar-refractivity contribution in [1.82, 2.24) is 5.32 Å². The van der Waals surface area contributed by atoms with Gasteiger partial charge >= 0.3 is 0 Å². The molecule has 1 aromatic carbocycles. The molecule has 0 heterocycles. The fourth-order valence-corrected chi connectivity index (χ4v) is 7.14. The van der Waals surface area contributed by atoms with Gasteiger partial charge < -0.3 is 15.2 Å². The fourth-order valence-electron chi connectivity index (χ4n) is 6.28. The van der Waals surface area contributed by atoms with Gasteiger partial charge in [-0.15, -0.1) is 0 Å². The average molecular weight is 422 g/mol. The molecule has 0 amide bonds. The first-order chi connectivity index (χ1) is 12.4. The molecule has 0 saturated heterocycles. The van der Waals surface area contributed by atoms with Gasteiger partial charge in [-0.05, 0) is 43.4 Å². The summed E-state index contributed by atoms with van der Waals surface area (Å²) < 4.78 is 6.41. The number of benzene rings is 1. The first kappa shape index (κ1) is 18.3. The van der Waals surface area contributed by atoms with E-state index in [0.717, 1.165) is 35.8 Å². The number of rotatable bonds is 5. The van der Waals surface area contributed by atoms with Gasteiger partial charge in [-0.1, -0.05) is 36.2 Å². The van der Waals surface area contributed by atoms with Crippen molar-refractivity contribution in [2.75, 3.05) is 13.7 Å². The van der Waals surface area contributed by atoms with Gasteiger partial charge in [0.05, 0.1) is 7.11 Å². The second-order valence-corrected chi connectivity index (χ2v) is 9.41. The van der Waals surface area contributed by atoms with Crippen molar-refractivity contribution >= 4 is 21.7 Å². The van der Waals surface area contributed by atoms with E-state index in [2.05, 4.69) is 35.1 Å². The zero-order chi connectivity index (χ0) is 18.7. The number of Topliss-reactive ketones (excluding diaryl/α,β-unsaturated/α-hetero) is 1. The summed E-state index contributed by atoms with van der Waals surface area (Å²) in [5, 5.41) is 14.8. The number of methoxy groups -OCH3 is 1. The van der Waals surface area contributed by atoms with Crippen LogP contribution in [0.1, 0.15) is 63.5 Å². The summed E-state index contributed by atoms with van der Waals surface area (Å²) in [6, 6.07) is 2.22. The van der Waals surface area contributed by atoms with E-state index in [9.17, 15) is 9.90 Å². The molecule has 2 bridgehead atoms. The Bertz CT molecular complexity index is 764. The summed E-state index contributed by atoms with van der Waals surface area (Å²) in [6.45, 7) is 5.53. The number of unbranched alkanes of at least 4 members (excludes halogenated alkanes) is 1. The van der Waals surface area contributed by atoms with Crippen molar-refractivity contribution in [3.63, 3.8) is 0 Å². The van der Waals surface area contributed by atoms with Crippen LogP contribution in [0.25, 0.3) is 0 Å². The normalized spacial score (nSPS) is 34.7. The number of nitrogens with one attached hydrogen (secondary N) is 1. The maximum atomic E-state index is 12.5. The molecule has 1 spiro atoms. The molecule has 2 fully saturated rings. The van der Waals surface area contributed by atoms with Crippen LogP contribution in [0.15, 0.2) is 10.5 Å². The molecule has 4 nitrogen and oxygen atoms in total. The van der Waals surface area contributed by atoms with Gasteiger partial charge in [0.15, 0.2) is 11.5 Å². The van der Waals surface area contributed by atoms with Crippen molar-refractivity contribution in [3.05, 3.63) is 21.7 Å². The quantitative estimate of drug-likeness (QED) is 0.699. The zero-order valence-electron chi connectivity index (χ0n) is 15.8. The third-order valence-corrected chi connectivity index (χ3v) is 7.75. The molecule has 4 rings (SSSR count). The highest BCUT2D eigenvalue weighted by Crippen LogP contribution is 2.70. The monoisotopic (exact) mass is 421 g/mol. The molecule has 3 aliphatic carbocycles. The predicted molar refractivity (Wildman–Crippen MR) is 105 cm³/mol. The number of phenolic OH excluding ortho intramolecular Hbond substituents is 1. The van der Waals surface area contributed by atoms with Gasteiger partial charge in [-0.3, -0.25) is 4.79 Å². The van der Waals surface area contributed by atoms with Gasteiger partial charge in [0, 0.05) is 39.7 Å². The molecular weight excluding hydrogens is 394 g/mol. The number of ether oxygens (including phenoxy) is 1. The van der Waals surface area contributed by atoms with Crippen LogP contribution in [-0.4, -0.2) is 30.6 Å². The number of aromatic hydroxyl groups is 1. The van der Waals surface area contributed by atoms with E-state index in [0.29, 0.717) is 36.3 Å². The summed E-state index contributed by atoms with van der Waals surface area (Å²) in [5.74, 6) is 1.44. The molecule has 2 saturated carbocycles. The van der Waals surface area contributed by atoms with Crippen LogP contribution in [0.3, 0.4) is 0 Å². The van der Waals surface area contributed by atoms with Gasteiger partial charge in [0.1, 0.15) is 5.78 Å². The number of hydrogen-bond acceptors (Lipinski definition) is 4. The van der Waals surface area contributed by atoms with Gasteiger partial charge in [0.2, 0.25) is 0 Å². The van der Waals surface area contributed by atoms with Crippen LogP contribution in [0.2, 0.25) is 0 Å². The van der Waals surface area contributed by atoms with Crippen LogP contribution in [0, 0.1) is 5.92 Å². The molecule has 4 atom stereocenters. The van der Waals surface area contributed by atoms with Crippen LogP contribution < -0.4 is 10.1 Å². The summed E-state index contributed by atoms with van der Waals surface area (Å²) in [7, 11) is 1.58. The van der Waals surface area contributed by atoms with Gasteiger partial charge in [-0.25, -0.2) is 0 Å². The molecule has 0 aromatic heterocycles. The zero-order valence-corrected chi connectivity index (χ0v) is 17.4. The molecule has 142 valence electrons. The minimum absolute atomic E-state index is 0.0824. The Hall–Kier alpha value is -1.07. The Labute approximate surface area is 163 Å². The van der Waals surface area contributed by atoms with E-state index >= 15 is 0 Å². The number of ketones is 1. The Morgan fingerprint density at radius 1 is 1.42 bits per heavy atom. The van der Waals surface area contributed by atoms with Crippen LogP contribution in [0.4, 0.5) is 0 Å². The third kappa shape index (κ3) is 2.26. The lowest BCUT2D eigenvalue weighted by molar-refractivity contribution is -0.123. The summed E-state index contributed by atoms with van der Waals surface area (Å²) in [4.78, 5) is 12.5. The molecule has 26 heavy (non-hydrogen) atoms. The molecule has 3 unspecified atom stereocenters. The molecule has 0 radical (unpaired) electrons. The Balaban J connectivity index is 1.89. The van der Waals surface area contributed by atoms with Crippen molar-refractivity contribution in [2.45, 2.75) is 69.2 Å². The smallest absolute Gasteiger partial charge is 0.161 e. The minimum atomic E-state index is -0.259. The predicted octanol–water partition coefficient (Wildman–Crippen LogP) is 4.20. The first-order valence-electron chi connectivity index (χ1n) is 9.74. The van der Waals surface area contributed by atoms with Crippen LogP contribution in [0.5, 0.6) is 11.5 Å². The summed E-state index contributed by atoms with van der Waals surface area (Å²) >= 11 is 3.74. The minimum Gasteiger partial charge on any atom is -0.504 e. The van der Waals surface area contributed by atoms with E-state index in [1.165, 1.54) is 12.0 Å². The molecule has 2 N–H and O–H groups in total. The second kappa shape index (κ2) is 6.23. The van der Waals surface area contributed by atoms with Crippen molar-refractivity contribution < 1.29 is 14.6 Å². The van der Waals surface area contributed by atoms with Gasteiger partial charge in [0.25, 0.3) is 0 Å². The third-order valence-electron chi connectivity index (χ3n) is 7.13. The maximum Gasteiger partial charge on any atom is 0.161 e. The maximum absolute atomic E-state index is 12.5. The molecule has 3 aliphatic rings. The number of phenols is 1. The molecule has 5 heteroatoms. The van der Waals surface area contributed by atoms with Gasteiger partial charge in [-0.2, -0.15) is 0 Å². The Morgan fingerprint density at radius 3 is 2.88 bits per heavy atom. The molecular formula is C21H28BrNO3. The van der Waals surface area contributed by atoms with E-state index in [4.69, 9.17) is 4.74 Å². The first-order valence-corrected chi connectivity index (χ1v) is 10.5. The number of carbonyl (C=O) groups is 1. The topological polar surface area (TPSA) is 58.6 Å². The highest BCUT2D eigenvalue weighted by Gasteiger charge is 2.68. The number of hydrogen-bond donors (Lipinski definition) is 2. The number of carbonyl (C=O) groups excluding carboxylic acids is 1. The lowest BCUT2D eigenvalue weighted by Gasteiger charge is -2.46. The molecule has 1 aromatic rings. The fraction of sp³-hybridized carbons (Fsp3) is 0.667. The highest BCUT2D eigenvalue weighted by atomic mass is 79.9. The Kier molecular flexibility index (Phi) is 4.39. The van der Waals surface area contributed by atoms with Crippen molar-refractivity contribution in [3.8, 4) is 11.5 Å². The SMILES string of the molecule is CCCCNC1C2CCC(=O)C[C@]23CC1(C)c1c(Br)cc(OC)c(O)c13. The molecule has 0 aliphatic heterocycles. The largest absolute Gasteiger partial charge is 0.504 e. The average Bonchev–Trinajstić information content (AvgIpc) is 3.00. The Morgan fingerprint density at radius 2 is 2.19 bits per heavy atom. The summed E-state index contributed by atoms with van der Waals surface area (Å²) in [5.41, 5.74) is 1.80. The van der Waals surface area contributed by atoms with Crippen LogP contribution in [-0.2, 0) is 15.6 Å². The van der Waals surface area contributed by atoms with E-state index in [1.54, 1.807) is 7.11 Å². The standard InChI is InChI=1S/C21H28BrNO3/c1-4-5-8-23-19-13-7-6-12(24)10-21(13)11-20(19,2)16-14(22)9-15(26-3)18(25)17(16)21/h9,13,19,23,25H,4-8,10-11H2,1-3H3/t13?,19?,20?,21-/m0/s1. The van der Waals surface area contributed by atoms with E-state index < -0.39 is 0 Å². The second-order valence-electron chi connectivity index (χ2n) is 8.56. The van der Waals surface area contributed by atoms with Crippen LogP contribution >= 0.6 is 15.9 Å². The van der Waals surface area contributed by atoms with Crippen molar-refractivity contribution in [1.29, 1.82) is 0 Å². The summed E-state index contributed by atoms with van der Waals surface area (Å²) in [6.07, 6.45) is 5.37. The lowest BCUT2D eigenvalue weighted by atomic mass is 9.61. The van der Waals surface area contributed by atoms with E-state index in [-0.39, 0.29) is 16.6 Å². The number of halogens is 1. The van der Waals surface area contributed by atoms with Crippen molar-refractivity contribution in [2.24, 2.45) is 5.92 Å². The number of fused-ring (bicyclic) bond motifs is 3.